The summed E-state index contributed by atoms with van der Waals surface area (Å²) in [6.07, 6.45) is -4.68. The lowest BCUT2D eigenvalue weighted by atomic mass is 10.2. The van der Waals surface area contributed by atoms with Crippen LogP contribution in [0.5, 0.6) is 0 Å². The fraction of sp³-hybridized carbons (Fsp3) is 0.143. The number of nitrogens with zero attached hydrogens (tertiary/aromatic N) is 1. The summed E-state index contributed by atoms with van der Waals surface area (Å²) in [6, 6.07) is 10.0. The van der Waals surface area contributed by atoms with Gasteiger partial charge in [-0.1, -0.05) is 30.3 Å². The number of carbonyl (C=O) groups is 1. The van der Waals surface area contributed by atoms with E-state index < -0.39 is 17.8 Å². The van der Waals surface area contributed by atoms with Crippen molar-refractivity contribution in [3.63, 3.8) is 0 Å². The number of ether oxygens (including phenoxy) is 1. The number of alkyl halides is 3. The summed E-state index contributed by atoms with van der Waals surface area (Å²) in [7, 11) is 0. The van der Waals surface area contributed by atoms with Gasteiger partial charge in [-0.2, -0.15) is 13.2 Å². The molecule has 4 nitrogen and oxygen atoms in total. The Hall–Kier alpha value is -2.09. The first kappa shape index (κ1) is 16.3. The molecular formula is C14H10BrF3N2O2. The lowest BCUT2D eigenvalue weighted by Crippen LogP contribution is -2.15. The number of hydrogen-bond donors (Lipinski definition) is 1. The molecule has 2 aromatic rings. The van der Waals surface area contributed by atoms with Gasteiger partial charge in [-0.05, 0) is 27.6 Å². The third-order valence-electron chi connectivity index (χ3n) is 2.60. The number of halogens is 4. The van der Waals surface area contributed by atoms with Crippen LogP contribution in [0, 0.1) is 0 Å². The number of aromatic nitrogens is 1. The van der Waals surface area contributed by atoms with Crippen LogP contribution < -0.4 is 5.32 Å². The summed E-state index contributed by atoms with van der Waals surface area (Å²) < 4.78 is 42.4. The van der Waals surface area contributed by atoms with Crippen molar-refractivity contribution in [2.75, 3.05) is 5.32 Å². The van der Waals surface area contributed by atoms with E-state index in [-0.39, 0.29) is 16.9 Å². The van der Waals surface area contributed by atoms with Gasteiger partial charge in [0.2, 0.25) is 0 Å². The quantitative estimate of drug-likeness (QED) is 0.853. The normalized spacial score (nSPS) is 11.1. The molecule has 8 heteroatoms. The van der Waals surface area contributed by atoms with E-state index in [1.807, 2.05) is 6.07 Å². The third kappa shape index (κ3) is 4.45. The minimum atomic E-state index is -4.52. The molecule has 0 unspecified atom stereocenters. The average molecular weight is 375 g/mol. The largest absolute Gasteiger partial charge is 0.444 e. The van der Waals surface area contributed by atoms with Crippen molar-refractivity contribution >= 4 is 27.8 Å². The number of hydrogen-bond acceptors (Lipinski definition) is 3. The monoisotopic (exact) mass is 374 g/mol. The third-order valence-corrected chi connectivity index (χ3v) is 3.26. The van der Waals surface area contributed by atoms with Crippen LogP contribution >= 0.6 is 15.9 Å². The van der Waals surface area contributed by atoms with Crippen LogP contribution in [-0.4, -0.2) is 11.1 Å². The van der Waals surface area contributed by atoms with Gasteiger partial charge in [0.05, 0.1) is 5.56 Å². The van der Waals surface area contributed by atoms with Gasteiger partial charge >= 0.3 is 12.3 Å². The second-order valence-corrected chi connectivity index (χ2v) is 5.09. The number of benzene rings is 1. The molecule has 22 heavy (non-hydrogen) atoms. The summed E-state index contributed by atoms with van der Waals surface area (Å²) in [4.78, 5) is 15.1. The molecule has 0 atom stereocenters. The van der Waals surface area contributed by atoms with E-state index >= 15 is 0 Å². The fourth-order valence-electron chi connectivity index (χ4n) is 1.57. The Labute approximate surface area is 132 Å². The minimum absolute atomic E-state index is 0.0436. The maximum Gasteiger partial charge on any atom is 0.418 e. The van der Waals surface area contributed by atoms with E-state index in [1.165, 1.54) is 0 Å². The predicted molar refractivity (Wildman–Crippen MR) is 77.2 cm³/mol. The van der Waals surface area contributed by atoms with Crippen molar-refractivity contribution in [2.45, 2.75) is 12.8 Å². The smallest absolute Gasteiger partial charge is 0.418 e. The molecule has 0 aliphatic rings. The number of anilines is 1. The first-order valence-corrected chi connectivity index (χ1v) is 6.86. The van der Waals surface area contributed by atoms with E-state index in [9.17, 15) is 18.0 Å². The lowest BCUT2D eigenvalue weighted by molar-refractivity contribution is -0.138. The molecule has 0 saturated carbocycles. The van der Waals surface area contributed by atoms with E-state index in [0.717, 1.165) is 11.6 Å². The highest BCUT2D eigenvalue weighted by Crippen LogP contribution is 2.35. The SMILES string of the molecule is O=C(Nc1cc(Br)c(C(F)(F)F)cn1)OCc1ccccc1. The highest BCUT2D eigenvalue weighted by Gasteiger charge is 2.33. The zero-order valence-electron chi connectivity index (χ0n) is 11.0. The summed E-state index contributed by atoms with van der Waals surface area (Å²) >= 11 is 2.80. The van der Waals surface area contributed by atoms with Gasteiger partial charge in [0.1, 0.15) is 12.4 Å². The Bertz CT molecular complexity index is 663. The molecule has 2 rings (SSSR count). The van der Waals surface area contributed by atoms with E-state index in [2.05, 4.69) is 26.2 Å². The number of nitrogens with one attached hydrogen (secondary N) is 1. The summed E-state index contributed by atoms with van der Waals surface area (Å²) in [5, 5.41) is 2.26. The summed E-state index contributed by atoms with van der Waals surface area (Å²) in [5.41, 5.74) is -0.130. The molecule has 0 aliphatic carbocycles. The zero-order chi connectivity index (χ0) is 16.2. The van der Waals surface area contributed by atoms with E-state index in [1.54, 1.807) is 24.3 Å². The Morgan fingerprint density at radius 3 is 2.55 bits per heavy atom. The van der Waals surface area contributed by atoms with Crippen molar-refractivity contribution in [3.8, 4) is 0 Å². The van der Waals surface area contributed by atoms with Gasteiger partial charge in [-0.25, -0.2) is 9.78 Å². The van der Waals surface area contributed by atoms with Crippen molar-refractivity contribution in [3.05, 3.63) is 58.2 Å². The molecule has 0 fully saturated rings. The molecule has 0 radical (unpaired) electrons. The molecule has 0 spiro atoms. The average Bonchev–Trinajstić information content (AvgIpc) is 2.45. The predicted octanol–water partition coefficient (Wildman–Crippen LogP) is 4.61. The first-order chi connectivity index (χ1) is 10.4. The second kappa shape index (κ2) is 6.78. The summed E-state index contributed by atoms with van der Waals surface area (Å²) in [6.45, 7) is 0.0501. The number of pyridine rings is 1. The molecule has 1 aromatic carbocycles. The van der Waals surface area contributed by atoms with Gasteiger partial charge in [0.15, 0.2) is 0 Å². The van der Waals surface area contributed by atoms with Gasteiger partial charge < -0.3 is 4.74 Å². The lowest BCUT2D eigenvalue weighted by Gasteiger charge is -2.10. The molecule has 1 amide bonds. The summed E-state index contributed by atoms with van der Waals surface area (Å²) in [5.74, 6) is -0.0436. The number of amides is 1. The van der Waals surface area contributed by atoms with Crippen LogP contribution in [0.3, 0.4) is 0 Å². The number of rotatable bonds is 3. The molecule has 1 N–H and O–H groups in total. The standard InChI is InChI=1S/C14H10BrF3N2O2/c15-11-6-12(19-7-10(11)14(16,17)18)20-13(21)22-8-9-4-2-1-3-5-9/h1-7H,8H2,(H,19,20,21). The van der Waals surface area contributed by atoms with Crippen molar-refractivity contribution in [1.82, 2.24) is 4.98 Å². The van der Waals surface area contributed by atoms with Crippen molar-refractivity contribution in [1.29, 1.82) is 0 Å². The topological polar surface area (TPSA) is 51.2 Å². The van der Waals surface area contributed by atoms with Crippen molar-refractivity contribution in [2.24, 2.45) is 0 Å². The van der Waals surface area contributed by atoms with Gasteiger partial charge in [-0.15, -0.1) is 0 Å². The second-order valence-electron chi connectivity index (χ2n) is 4.23. The Morgan fingerprint density at radius 2 is 1.95 bits per heavy atom. The molecule has 0 saturated heterocycles. The highest BCUT2D eigenvalue weighted by molar-refractivity contribution is 9.10. The fourth-order valence-corrected chi connectivity index (χ4v) is 2.12. The van der Waals surface area contributed by atoms with Gasteiger partial charge in [0.25, 0.3) is 0 Å². The molecule has 1 heterocycles. The van der Waals surface area contributed by atoms with Crippen LogP contribution in [0.15, 0.2) is 47.1 Å². The van der Waals surface area contributed by atoms with Crippen molar-refractivity contribution < 1.29 is 22.7 Å². The molecule has 0 bridgehead atoms. The zero-order valence-corrected chi connectivity index (χ0v) is 12.6. The van der Waals surface area contributed by atoms with Crippen LogP contribution in [-0.2, 0) is 17.5 Å². The Morgan fingerprint density at radius 1 is 1.27 bits per heavy atom. The number of carbonyl (C=O) groups excluding carboxylic acids is 1. The van der Waals surface area contributed by atoms with Gasteiger partial charge in [0, 0.05) is 10.7 Å². The maximum absolute atomic E-state index is 12.6. The molecule has 1 aromatic heterocycles. The maximum atomic E-state index is 12.6. The van der Waals surface area contributed by atoms with Crippen LogP contribution in [0.25, 0.3) is 0 Å². The van der Waals surface area contributed by atoms with Gasteiger partial charge in [-0.3, -0.25) is 5.32 Å². The van der Waals surface area contributed by atoms with E-state index in [0.29, 0.717) is 6.20 Å². The van der Waals surface area contributed by atoms with Crippen LogP contribution in [0.1, 0.15) is 11.1 Å². The highest BCUT2D eigenvalue weighted by atomic mass is 79.9. The van der Waals surface area contributed by atoms with E-state index in [4.69, 9.17) is 4.74 Å². The minimum Gasteiger partial charge on any atom is -0.444 e. The van der Waals surface area contributed by atoms with Crippen LogP contribution in [0.2, 0.25) is 0 Å². The molecule has 116 valence electrons. The Kier molecular flexibility index (Phi) is 5.02. The van der Waals surface area contributed by atoms with Crippen LogP contribution in [0.4, 0.5) is 23.8 Å². The molecule has 0 aliphatic heterocycles. The first-order valence-electron chi connectivity index (χ1n) is 6.06. The molecular weight excluding hydrogens is 365 g/mol. The Balaban J connectivity index is 1.96.